The van der Waals surface area contributed by atoms with Gasteiger partial charge < -0.3 is 96.5 Å². The van der Waals surface area contributed by atoms with Crippen LogP contribution in [0.25, 0.3) is 0 Å². The lowest BCUT2D eigenvalue weighted by atomic mass is 9.35. The molecular weight excluding hydrogens is 1810 g/mol. The van der Waals surface area contributed by atoms with Crippen LogP contribution in [0.5, 0.6) is 5.75 Å². The van der Waals surface area contributed by atoms with Crippen LogP contribution < -0.4 is 31.3 Å². The smallest absolute Gasteiger partial charge is 0.326 e. The van der Waals surface area contributed by atoms with Gasteiger partial charge in [-0.1, -0.05) is 56.3 Å². The van der Waals surface area contributed by atoms with Crippen molar-refractivity contribution in [2.24, 2.45) is 34.0 Å². The summed E-state index contributed by atoms with van der Waals surface area (Å²) in [5, 5.41) is 102. The van der Waals surface area contributed by atoms with E-state index in [-0.39, 0.29) is 69.6 Å². The maximum Gasteiger partial charge on any atom is 0.326 e. The Labute approximate surface area is 769 Å². The molecule has 10 rings (SSSR count). The SMILES string of the molecule is CC1(C)C(/C=C/C2=C(Oc3ccc(S(=O)(=O)[O-])cc3)C(=C/C=C3/Nc4ccccc4C3(C)C)/CCC2)=[N+](CCCCCC(=O)NC23CC4(CCC(=O)N[C@@H](CCP(=O)(O)CC(CCC(=O)O)C(=O)O)C(=O)O)CC(CCC(=O)N[C@@H](CCP(=O)(O)CC(CCC(=O)O)C(=O)O)C(=O)O)(CC(CCC(=O)N[C@@H](CCP(=O)(O)CC(CCC(=O)O)C(=O)O)C(=O)O)(C4)C2)C3)c2ccccc21. The van der Waals surface area contributed by atoms with E-state index in [1.54, 1.807) is 0 Å². The van der Waals surface area contributed by atoms with Gasteiger partial charge in [0.25, 0.3) is 0 Å². The fraction of sp³-hybridized carbons (Fsp3) is 0.560. The molecule has 3 aromatic rings. The number of aliphatic carboxylic acids is 9. The average Bonchev–Trinajstić information content (AvgIpc) is 1.62. The molecular formula is C91H121N6O32P3S. The van der Waals surface area contributed by atoms with Gasteiger partial charge in [-0.05, 0) is 218 Å². The van der Waals surface area contributed by atoms with Crippen LogP contribution in [0.1, 0.15) is 219 Å². The van der Waals surface area contributed by atoms with E-state index in [9.17, 15) is 145 Å². The van der Waals surface area contributed by atoms with E-state index < -0.39 is 292 Å². The fourth-order valence-electron chi connectivity index (χ4n) is 20.8. The van der Waals surface area contributed by atoms with Crippen LogP contribution in [-0.4, -0.2) is 228 Å². The first kappa shape index (κ1) is 106. The molecule has 2 aliphatic heterocycles. The van der Waals surface area contributed by atoms with Crippen molar-refractivity contribution in [2.75, 3.05) is 48.8 Å². The summed E-state index contributed by atoms with van der Waals surface area (Å²) in [6.07, 6.45) is -0.384. The van der Waals surface area contributed by atoms with E-state index in [0.717, 1.165) is 51.5 Å². The summed E-state index contributed by atoms with van der Waals surface area (Å²) in [6, 6.07) is 15.7. The minimum absolute atomic E-state index is 0.0656. The quantitative estimate of drug-likeness (QED) is 0.0108. The second-order valence-corrected chi connectivity index (χ2v) is 46.8. The number of carboxylic acids is 9. The molecule has 2 heterocycles. The molecule has 4 bridgehead atoms. The fourth-order valence-corrected chi connectivity index (χ4v) is 26.9. The normalized spacial score (nSPS) is 23.1. The third-order valence-corrected chi connectivity index (χ3v) is 33.4. The van der Waals surface area contributed by atoms with E-state index in [2.05, 4.69) is 77.1 Å². The molecule has 4 saturated carbocycles. The standard InChI is InChI=1S/C91H121N6O32P3S/c1-86(2)63-15-7-9-17-65(63)92-70(86)29-20-56-13-12-14-57(79(56)129-61-25-27-62(28-26-61)133(126,127)128)21-30-71-87(3,4)64-16-8-10-18-69(64)97(71)43-11-5-6-19-75(101)96-91-53-88(40-34-72(98)93-66(83(114)115)37-44-130(120,121)47-58(80(108)109)22-31-76(102)103)50-89(54-91,41-35-73(99)94-67(84(116)117)38-45-131(122,123)48-59(81(110)111)23-32-77(104)105)52-90(51-88,55-91)42-36-74(100)95-68(85(118)119)39-46-132(124,125)49-60(82(112)113)24-33-78(106)107/h7-10,15-18,20-21,25-30,58-60,66-68H,5-6,11-14,19,22-24,31-55H2,1-4H3,(H17,93,94,95,96,98,99,100,101,102,103,104,105,106,107,108,109,110,111,112,113,114,115,116,117,118,119,120,121,122,123,124,125,126,127,128)/t58?,59?,60?,66-,67-,68-,88?,89?,90?,91?/m0/s1. The number of nitrogens with one attached hydrogen (secondary N) is 5. The number of fused-ring (bicyclic) bond motifs is 2. The molecule has 38 nitrogen and oxygen atoms in total. The van der Waals surface area contributed by atoms with Gasteiger partial charge in [-0.2, -0.15) is 4.58 Å². The summed E-state index contributed by atoms with van der Waals surface area (Å²) in [6.45, 7) is 8.95. The zero-order valence-corrected chi connectivity index (χ0v) is 78.2. The summed E-state index contributed by atoms with van der Waals surface area (Å²) in [5.74, 6) is -20.9. The van der Waals surface area contributed by atoms with Crippen LogP contribution in [-0.2, 0) is 97.0 Å². The molecule has 0 saturated heterocycles. The number of ether oxygens (including phenoxy) is 1. The molecule has 5 aliphatic carbocycles. The number of hydrogen-bond donors (Lipinski definition) is 17. The number of amides is 4. The van der Waals surface area contributed by atoms with Crippen molar-refractivity contribution < 1.29 is 159 Å². The Morgan fingerprint density at radius 2 is 0.902 bits per heavy atom. The number of rotatable bonds is 55. The van der Waals surface area contributed by atoms with E-state index in [1.807, 2.05) is 54.6 Å². The molecule has 17 N–H and O–H groups in total. The lowest BCUT2D eigenvalue weighted by molar-refractivity contribution is -0.438. The molecule has 0 radical (unpaired) electrons. The van der Waals surface area contributed by atoms with Crippen LogP contribution in [0.2, 0.25) is 0 Å². The van der Waals surface area contributed by atoms with Crippen LogP contribution in [0, 0.1) is 34.0 Å². The van der Waals surface area contributed by atoms with Gasteiger partial charge in [-0.25, -0.2) is 22.8 Å². The number of carboxylic acid groups (broad SMARTS) is 9. The highest BCUT2D eigenvalue weighted by Gasteiger charge is 2.68. The van der Waals surface area contributed by atoms with Crippen molar-refractivity contribution >= 4 is 127 Å². The van der Waals surface area contributed by atoms with Crippen LogP contribution >= 0.6 is 22.1 Å². The van der Waals surface area contributed by atoms with Gasteiger partial charge in [0.05, 0.1) is 28.1 Å². The molecule has 4 amide bonds. The Morgan fingerprint density at radius 1 is 0.481 bits per heavy atom. The zero-order valence-electron chi connectivity index (χ0n) is 74.7. The third kappa shape index (κ3) is 29.5. The summed E-state index contributed by atoms with van der Waals surface area (Å²) in [5.41, 5.74) is 2.18. The zero-order chi connectivity index (χ0) is 98.2. The van der Waals surface area contributed by atoms with Gasteiger partial charge in [-0.3, -0.25) is 61.6 Å². The first-order valence-corrected chi connectivity index (χ1v) is 51.9. The molecule has 3 aromatic carbocycles. The van der Waals surface area contributed by atoms with Crippen LogP contribution in [0.15, 0.2) is 125 Å². The first-order valence-electron chi connectivity index (χ1n) is 44.4. The van der Waals surface area contributed by atoms with Gasteiger partial charge in [-0.15, -0.1) is 0 Å². The van der Waals surface area contributed by atoms with Crippen molar-refractivity contribution in [3.8, 4) is 5.75 Å². The minimum atomic E-state index is -4.78. The van der Waals surface area contributed by atoms with E-state index >= 15 is 4.79 Å². The summed E-state index contributed by atoms with van der Waals surface area (Å²) >= 11 is 0. The number of para-hydroxylation sites is 2. The van der Waals surface area contributed by atoms with Gasteiger partial charge in [0.15, 0.2) is 5.71 Å². The lowest BCUT2D eigenvalue weighted by Gasteiger charge is -2.71. The van der Waals surface area contributed by atoms with Crippen molar-refractivity contribution in [1.29, 1.82) is 0 Å². The van der Waals surface area contributed by atoms with Crippen molar-refractivity contribution in [1.82, 2.24) is 21.3 Å². The number of hydrogen-bond acceptors (Lipinski definition) is 21. The second-order valence-electron chi connectivity index (χ2n) is 37.9. The molecule has 6 unspecified atom stereocenters. The van der Waals surface area contributed by atoms with Gasteiger partial charge in [0.1, 0.15) is 46.3 Å². The molecule has 9 atom stereocenters. The van der Waals surface area contributed by atoms with Crippen LogP contribution in [0.4, 0.5) is 11.4 Å². The average molecular weight is 1940 g/mol. The Bertz CT molecular complexity index is 5120. The van der Waals surface area contributed by atoms with Gasteiger partial charge in [0.2, 0.25) is 51.4 Å². The van der Waals surface area contributed by atoms with Crippen LogP contribution in [0.3, 0.4) is 0 Å². The van der Waals surface area contributed by atoms with Crippen molar-refractivity contribution in [2.45, 2.75) is 247 Å². The lowest BCUT2D eigenvalue weighted by Crippen LogP contribution is -2.69. The highest BCUT2D eigenvalue weighted by atomic mass is 32.2. The van der Waals surface area contributed by atoms with Gasteiger partial charge >= 0.3 is 53.7 Å². The predicted octanol–water partition coefficient (Wildman–Crippen LogP) is 10.7. The summed E-state index contributed by atoms with van der Waals surface area (Å²) in [4.78, 5) is 199. The molecule has 7 aliphatic rings. The van der Waals surface area contributed by atoms with Gasteiger partial charge in [0, 0.05) is 128 Å². The first-order chi connectivity index (χ1) is 62.1. The topological polar surface area (TPSA) is 645 Å². The second kappa shape index (κ2) is 44.3. The predicted molar refractivity (Wildman–Crippen MR) is 481 cm³/mol. The van der Waals surface area contributed by atoms with Crippen molar-refractivity contribution in [3.63, 3.8) is 0 Å². The number of benzene rings is 3. The number of nitrogens with zero attached hydrogens (tertiary/aromatic N) is 1. The maximum absolute atomic E-state index is 15.2. The highest BCUT2D eigenvalue weighted by molar-refractivity contribution is 7.85. The Balaban J connectivity index is 1.01. The van der Waals surface area contributed by atoms with E-state index in [4.69, 9.17) is 4.74 Å². The molecule has 0 spiro atoms. The highest BCUT2D eigenvalue weighted by Crippen LogP contribution is 2.74. The number of anilines is 1. The number of allylic oxidation sites excluding steroid dienone is 7. The molecule has 0 aromatic heterocycles. The van der Waals surface area contributed by atoms with E-state index in [0.29, 0.717) is 50.2 Å². The molecule has 133 heavy (non-hydrogen) atoms. The summed E-state index contributed by atoms with van der Waals surface area (Å²) in [7, 11) is -18.4. The molecule has 728 valence electrons. The largest absolute Gasteiger partial charge is 0.744 e. The van der Waals surface area contributed by atoms with E-state index in [1.165, 1.54) is 24.3 Å². The molecule has 42 heteroatoms. The summed E-state index contributed by atoms with van der Waals surface area (Å²) < 4.78 is 85.5. The Morgan fingerprint density at radius 3 is 1.31 bits per heavy atom. The Hall–Kier alpha value is -10.5. The van der Waals surface area contributed by atoms with Crippen molar-refractivity contribution in [3.05, 3.63) is 131 Å². The number of carbonyl (C=O) groups excluding carboxylic acids is 4. The third-order valence-electron chi connectivity index (χ3n) is 26.7. The number of unbranched alkanes of at least 4 members (excludes halogenated alkanes) is 2. The monoisotopic (exact) mass is 1930 g/mol. The minimum Gasteiger partial charge on any atom is -0.744 e. The number of carbonyl (C=O) groups is 13. The maximum atomic E-state index is 15.2. The molecule has 4 fully saturated rings. The Kier molecular flexibility index (Phi) is 35.4.